The van der Waals surface area contributed by atoms with Crippen molar-refractivity contribution in [2.24, 2.45) is 5.92 Å². The van der Waals surface area contributed by atoms with Crippen molar-refractivity contribution in [2.75, 3.05) is 33.9 Å². The summed E-state index contributed by atoms with van der Waals surface area (Å²) in [7, 11) is 0. The monoisotopic (exact) mass is 538 g/mol. The van der Waals surface area contributed by atoms with E-state index in [4.69, 9.17) is 0 Å². The highest BCUT2D eigenvalue weighted by Gasteiger charge is 2.23. The maximum Gasteiger partial charge on any atom is 0.229 e. The van der Waals surface area contributed by atoms with Crippen LogP contribution in [0.4, 0.5) is 39.0 Å². The number of amides is 1. The van der Waals surface area contributed by atoms with E-state index >= 15 is 0 Å². The molecule has 2 aliphatic heterocycles. The van der Waals surface area contributed by atoms with Crippen molar-refractivity contribution in [1.82, 2.24) is 19.9 Å². The molecule has 3 N–H and O–H groups in total. The molecular formula is C30H31FN8O. The minimum atomic E-state index is -0.471. The number of aromatic nitrogens is 4. The predicted octanol–water partition coefficient (Wildman–Crippen LogP) is 5.55. The molecule has 1 saturated heterocycles. The van der Waals surface area contributed by atoms with E-state index in [1.54, 1.807) is 18.5 Å². The van der Waals surface area contributed by atoms with Gasteiger partial charge in [0.2, 0.25) is 17.8 Å². The van der Waals surface area contributed by atoms with Crippen LogP contribution in [0.25, 0.3) is 0 Å². The molecule has 10 heteroatoms. The smallest absolute Gasteiger partial charge is 0.229 e. The summed E-state index contributed by atoms with van der Waals surface area (Å²) in [6, 6.07) is 12.9. The number of hydrogen-bond acceptors (Lipinski definition) is 8. The van der Waals surface area contributed by atoms with Gasteiger partial charge in [-0.1, -0.05) is 6.07 Å². The third-order valence-corrected chi connectivity index (χ3v) is 7.46. The van der Waals surface area contributed by atoms with Crippen LogP contribution >= 0.6 is 0 Å². The third-order valence-electron chi connectivity index (χ3n) is 7.46. The summed E-state index contributed by atoms with van der Waals surface area (Å²) in [4.78, 5) is 32.7. The number of fused-ring (bicyclic) bond motifs is 6. The van der Waals surface area contributed by atoms with Gasteiger partial charge in [-0.05, 0) is 86.1 Å². The number of rotatable bonds is 4. The molecule has 0 unspecified atom stereocenters. The van der Waals surface area contributed by atoms with Crippen LogP contribution in [0.3, 0.4) is 0 Å². The largest absolute Gasteiger partial charge is 0.357 e. The number of carbonyl (C=O) groups excluding carboxylic acids is 1. The van der Waals surface area contributed by atoms with Gasteiger partial charge in [-0.15, -0.1) is 0 Å². The number of carbonyl (C=O) groups is 1. The zero-order valence-corrected chi connectivity index (χ0v) is 22.3. The molecule has 2 aliphatic rings. The molecule has 204 valence electrons. The first-order chi connectivity index (χ1) is 19.5. The molecule has 6 bridgehead atoms. The van der Waals surface area contributed by atoms with Crippen molar-refractivity contribution < 1.29 is 9.18 Å². The second kappa shape index (κ2) is 11.3. The van der Waals surface area contributed by atoms with Crippen LogP contribution in [-0.2, 0) is 17.6 Å². The van der Waals surface area contributed by atoms with Crippen LogP contribution in [0, 0.1) is 18.8 Å². The van der Waals surface area contributed by atoms with E-state index in [1.165, 1.54) is 6.07 Å². The Kier molecular flexibility index (Phi) is 7.22. The Hall–Kier alpha value is -4.60. The van der Waals surface area contributed by atoms with Crippen molar-refractivity contribution in [3.05, 3.63) is 83.7 Å². The van der Waals surface area contributed by atoms with E-state index in [0.29, 0.717) is 24.0 Å². The van der Waals surface area contributed by atoms with Crippen LogP contribution in [0.2, 0.25) is 0 Å². The Morgan fingerprint density at radius 3 is 2.75 bits per heavy atom. The number of aryl methyl sites for hydroxylation is 3. The maximum atomic E-state index is 13.5. The van der Waals surface area contributed by atoms with Crippen LogP contribution in [-0.4, -0.2) is 38.9 Å². The van der Waals surface area contributed by atoms with Gasteiger partial charge >= 0.3 is 0 Å². The van der Waals surface area contributed by atoms with Gasteiger partial charge < -0.3 is 20.9 Å². The molecule has 1 amide bonds. The molecule has 0 spiro atoms. The van der Waals surface area contributed by atoms with E-state index in [0.717, 1.165) is 72.5 Å². The minimum Gasteiger partial charge on any atom is -0.357 e. The lowest BCUT2D eigenvalue weighted by atomic mass is 9.93. The van der Waals surface area contributed by atoms with Gasteiger partial charge in [-0.2, -0.15) is 9.37 Å². The standard InChI is InChI=1S/C30H31FN8O/c1-19-16-33-30-35-24-13-21(17-32-18-24)5-6-22-15-23(34-29(19)38-30)7-8-25(22)36-28(40)14-20-9-11-39(12-10-20)27-4-2-3-26(31)37-27/h2-4,7-8,13,15-18,20H,5-6,9-12,14H2,1H3,(H,36,40)(H2,33,34,35,38). The second-order valence-corrected chi connectivity index (χ2v) is 10.4. The van der Waals surface area contributed by atoms with E-state index in [1.807, 2.05) is 31.3 Å². The number of piperidine rings is 1. The fourth-order valence-electron chi connectivity index (χ4n) is 5.27. The van der Waals surface area contributed by atoms with Crippen LogP contribution < -0.4 is 20.9 Å². The Morgan fingerprint density at radius 2 is 1.90 bits per heavy atom. The van der Waals surface area contributed by atoms with Gasteiger partial charge in [-0.25, -0.2) is 9.97 Å². The molecule has 1 fully saturated rings. The lowest BCUT2D eigenvalue weighted by Crippen LogP contribution is -2.35. The number of nitrogens with one attached hydrogen (secondary N) is 3. The lowest BCUT2D eigenvalue weighted by molar-refractivity contribution is -0.117. The van der Waals surface area contributed by atoms with E-state index in [9.17, 15) is 9.18 Å². The van der Waals surface area contributed by atoms with Gasteiger partial charge in [-0.3, -0.25) is 9.78 Å². The first-order valence-corrected chi connectivity index (χ1v) is 13.6. The second-order valence-electron chi connectivity index (χ2n) is 10.4. The van der Waals surface area contributed by atoms with E-state index in [-0.39, 0.29) is 11.8 Å². The first kappa shape index (κ1) is 25.7. The van der Waals surface area contributed by atoms with Crippen molar-refractivity contribution >= 4 is 40.6 Å². The molecule has 6 rings (SSSR count). The molecule has 9 nitrogen and oxygen atoms in total. The first-order valence-electron chi connectivity index (χ1n) is 13.6. The number of nitrogens with zero attached hydrogens (tertiary/aromatic N) is 5. The van der Waals surface area contributed by atoms with E-state index in [2.05, 4.69) is 52.9 Å². The summed E-state index contributed by atoms with van der Waals surface area (Å²) >= 11 is 0. The van der Waals surface area contributed by atoms with Gasteiger partial charge in [0.25, 0.3) is 0 Å². The number of pyridine rings is 2. The van der Waals surface area contributed by atoms with Crippen molar-refractivity contribution in [3.63, 3.8) is 0 Å². The highest BCUT2D eigenvalue weighted by molar-refractivity contribution is 5.92. The van der Waals surface area contributed by atoms with Gasteiger partial charge in [0, 0.05) is 48.8 Å². The Morgan fingerprint density at radius 1 is 1.02 bits per heavy atom. The summed E-state index contributed by atoms with van der Waals surface area (Å²) in [6.45, 7) is 3.47. The topological polar surface area (TPSA) is 108 Å². The highest BCUT2D eigenvalue weighted by Crippen LogP contribution is 2.29. The van der Waals surface area contributed by atoms with Crippen LogP contribution in [0.1, 0.15) is 36.0 Å². The minimum absolute atomic E-state index is 0.00589. The van der Waals surface area contributed by atoms with Crippen molar-refractivity contribution in [2.45, 2.75) is 39.0 Å². The summed E-state index contributed by atoms with van der Waals surface area (Å²) in [5.74, 6) is 1.66. The lowest BCUT2D eigenvalue weighted by Gasteiger charge is -2.32. The van der Waals surface area contributed by atoms with Crippen molar-refractivity contribution in [3.8, 4) is 0 Å². The number of hydrogen-bond donors (Lipinski definition) is 3. The zero-order chi connectivity index (χ0) is 27.5. The summed E-state index contributed by atoms with van der Waals surface area (Å²) in [5.41, 5.74) is 5.57. The molecule has 5 heterocycles. The summed E-state index contributed by atoms with van der Waals surface area (Å²) in [6.07, 6.45) is 9.06. The van der Waals surface area contributed by atoms with Crippen molar-refractivity contribution in [1.29, 1.82) is 0 Å². The molecule has 0 atom stereocenters. The molecule has 0 saturated carbocycles. The molecule has 4 aromatic rings. The average Bonchev–Trinajstić information content (AvgIpc) is 2.95. The number of benzene rings is 1. The van der Waals surface area contributed by atoms with Gasteiger partial charge in [0.1, 0.15) is 11.6 Å². The number of anilines is 6. The SMILES string of the molecule is Cc1cnc2nc1Nc1ccc(NC(=O)CC3CCN(c4cccc(F)n4)CC3)c(c1)CCc1cncc(c1)N2. The fourth-order valence-corrected chi connectivity index (χ4v) is 5.27. The van der Waals surface area contributed by atoms with Gasteiger partial charge in [0.15, 0.2) is 0 Å². The molecule has 40 heavy (non-hydrogen) atoms. The predicted molar refractivity (Wildman–Crippen MR) is 154 cm³/mol. The zero-order valence-electron chi connectivity index (χ0n) is 22.3. The maximum absolute atomic E-state index is 13.5. The number of halogens is 1. The third kappa shape index (κ3) is 6.01. The molecular weight excluding hydrogens is 507 g/mol. The van der Waals surface area contributed by atoms with Crippen LogP contribution in [0.5, 0.6) is 0 Å². The Labute approximate surface area is 232 Å². The molecule has 0 aliphatic carbocycles. The van der Waals surface area contributed by atoms with Gasteiger partial charge in [0.05, 0.1) is 11.9 Å². The Bertz CT molecular complexity index is 1540. The Balaban J connectivity index is 1.16. The molecule has 0 radical (unpaired) electrons. The molecule has 3 aromatic heterocycles. The average molecular weight is 539 g/mol. The van der Waals surface area contributed by atoms with Crippen LogP contribution in [0.15, 0.2) is 61.1 Å². The quantitative estimate of drug-likeness (QED) is 0.291. The fraction of sp³-hybridized carbons (Fsp3) is 0.300. The summed E-state index contributed by atoms with van der Waals surface area (Å²) < 4.78 is 13.5. The van der Waals surface area contributed by atoms with E-state index < -0.39 is 5.95 Å². The summed E-state index contributed by atoms with van der Waals surface area (Å²) in [5, 5.41) is 9.83. The normalized spacial score (nSPS) is 15.1. The highest BCUT2D eigenvalue weighted by atomic mass is 19.1. The molecule has 1 aromatic carbocycles.